The fourth-order valence-electron chi connectivity index (χ4n) is 4.04. The van der Waals surface area contributed by atoms with Crippen LogP contribution in [0.2, 0.25) is 0 Å². The van der Waals surface area contributed by atoms with Crippen LogP contribution < -0.4 is 20.3 Å². The number of benzene rings is 3. The van der Waals surface area contributed by atoms with Crippen molar-refractivity contribution in [2.45, 2.75) is 12.1 Å². The third-order valence-corrected chi connectivity index (χ3v) is 8.05. The topological polar surface area (TPSA) is 87.4 Å². The molecular weight excluding hydrogens is 572 g/mol. The lowest BCUT2D eigenvalue weighted by molar-refractivity contribution is -0.113. The third kappa shape index (κ3) is 5.51. The summed E-state index contributed by atoms with van der Waals surface area (Å²) < 4.78 is 29.5. The smallest absolute Gasteiger partial charge is 0.278 e. The second-order valence-corrected chi connectivity index (χ2v) is 10.9. The summed E-state index contributed by atoms with van der Waals surface area (Å²) in [4.78, 5) is 31.5. The molecule has 0 saturated carbocycles. The first-order valence-electron chi connectivity index (χ1n) is 12.1. The minimum Gasteiger partial charge on any atom is -0.497 e. The van der Waals surface area contributed by atoms with Crippen molar-refractivity contribution in [3.8, 4) is 22.9 Å². The molecule has 0 fully saturated rings. The van der Waals surface area contributed by atoms with E-state index in [4.69, 9.17) is 26.7 Å². The Bertz CT molecular complexity index is 1830. The van der Waals surface area contributed by atoms with E-state index in [-0.39, 0.29) is 27.2 Å². The Morgan fingerprint density at radius 2 is 1.82 bits per heavy atom. The first-order valence-corrected chi connectivity index (χ1v) is 14.3. The minimum absolute atomic E-state index is 0.0261. The summed E-state index contributed by atoms with van der Waals surface area (Å²) in [6.45, 7) is 2.31. The highest BCUT2D eigenvalue weighted by molar-refractivity contribution is 7.99. The molecule has 8 nitrogen and oxygen atoms in total. The number of fused-ring (bicyclic) bond motifs is 1. The molecular formula is C28H23FN4O4S3. The second-order valence-electron chi connectivity index (χ2n) is 8.31. The Balaban J connectivity index is 1.61. The number of hydrogen-bond acceptors (Lipinski definition) is 8. The van der Waals surface area contributed by atoms with Crippen LogP contribution in [-0.4, -0.2) is 39.5 Å². The molecule has 5 rings (SSSR count). The van der Waals surface area contributed by atoms with E-state index < -0.39 is 11.4 Å². The zero-order valence-electron chi connectivity index (χ0n) is 21.4. The van der Waals surface area contributed by atoms with Crippen molar-refractivity contribution in [2.75, 3.05) is 24.8 Å². The highest BCUT2D eigenvalue weighted by atomic mass is 32.2. The molecule has 0 atom stereocenters. The summed E-state index contributed by atoms with van der Waals surface area (Å²) in [5.74, 6) is 0.145. The zero-order chi connectivity index (χ0) is 28.2. The molecule has 0 saturated heterocycles. The van der Waals surface area contributed by atoms with Gasteiger partial charge in [-0.25, -0.2) is 9.37 Å². The normalized spacial score (nSPS) is 11.0. The summed E-state index contributed by atoms with van der Waals surface area (Å²) >= 11 is 7.75. The maximum Gasteiger partial charge on any atom is 0.278 e. The Morgan fingerprint density at radius 3 is 2.58 bits per heavy atom. The molecule has 0 aliphatic heterocycles. The largest absolute Gasteiger partial charge is 0.497 e. The second kappa shape index (κ2) is 12.0. The number of hydrogen-bond donors (Lipinski definition) is 1. The number of nitrogens with one attached hydrogen (secondary N) is 1. The van der Waals surface area contributed by atoms with E-state index in [1.807, 2.05) is 31.2 Å². The van der Waals surface area contributed by atoms with Crippen molar-refractivity contribution in [3.05, 3.63) is 92.9 Å². The number of para-hydroxylation sites is 3. The van der Waals surface area contributed by atoms with Gasteiger partial charge in [-0.15, -0.1) is 0 Å². The molecule has 0 spiro atoms. The Hall–Kier alpha value is -4.00. The van der Waals surface area contributed by atoms with Crippen LogP contribution in [0, 0.1) is 9.77 Å². The van der Waals surface area contributed by atoms with Gasteiger partial charge in [0.1, 0.15) is 22.0 Å². The van der Waals surface area contributed by atoms with Gasteiger partial charge < -0.3 is 14.8 Å². The number of thioether (sulfide) groups is 1. The van der Waals surface area contributed by atoms with Crippen molar-refractivity contribution in [3.63, 3.8) is 0 Å². The molecule has 5 aromatic rings. The van der Waals surface area contributed by atoms with Gasteiger partial charge >= 0.3 is 0 Å². The van der Waals surface area contributed by atoms with Crippen molar-refractivity contribution < 1.29 is 18.7 Å². The van der Waals surface area contributed by atoms with Crippen molar-refractivity contribution in [1.29, 1.82) is 0 Å². The molecule has 0 radical (unpaired) electrons. The minimum atomic E-state index is -0.599. The monoisotopic (exact) mass is 594 g/mol. The molecule has 0 unspecified atom stereocenters. The van der Waals surface area contributed by atoms with Gasteiger partial charge in [0, 0.05) is 11.8 Å². The maximum atomic E-state index is 15.0. The van der Waals surface area contributed by atoms with E-state index >= 15 is 0 Å². The van der Waals surface area contributed by atoms with Crippen LogP contribution >= 0.6 is 35.3 Å². The van der Waals surface area contributed by atoms with Gasteiger partial charge in [0.25, 0.3) is 5.56 Å². The lowest BCUT2D eigenvalue weighted by Crippen LogP contribution is -2.23. The van der Waals surface area contributed by atoms with Crippen LogP contribution in [0.3, 0.4) is 0 Å². The molecule has 40 heavy (non-hydrogen) atoms. The van der Waals surface area contributed by atoms with Gasteiger partial charge in [-0.2, -0.15) is 0 Å². The first-order chi connectivity index (χ1) is 19.4. The number of rotatable bonds is 9. The van der Waals surface area contributed by atoms with Gasteiger partial charge in [0.05, 0.1) is 30.8 Å². The van der Waals surface area contributed by atoms with E-state index in [1.165, 1.54) is 29.9 Å². The van der Waals surface area contributed by atoms with E-state index in [9.17, 15) is 14.0 Å². The van der Waals surface area contributed by atoms with Crippen LogP contribution in [0.1, 0.15) is 6.92 Å². The van der Waals surface area contributed by atoms with Gasteiger partial charge in [-0.05, 0) is 55.5 Å². The highest BCUT2D eigenvalue weighted by Crippen LogP contribution is 2.31. The summed E-state index contributed by atoms with van der Waals surface area (Å²) in [6, 6.07) is 20.2. The third-order valence-electron chi connectivity index (χ3n) is 5.76. The van der Waals surface area contributed by atoms with Gasteiger partial charge in [-0.3, -0.25) is 18.7 Å². The van der Waals surface area contributed by atoms with Gasteiger partial charge in [0.2, 0.25) is 5.91 Å². The summed E-state index contributed by atoms with van der Waals surface area (Å²) in [5.41, 5.74) is 1.02. The summed E-state index contributed by atoms with van der Waals surface area (Å²) in [6.07, 6.45) is 0. The predicted octanol–water partition coefficient (Wildman–Crippen LogP) is 6.24. The SMILES string of the molecule is CCOc1ccccc1-n1c(=S)sc2c(=O)n(-c3ccccc3F)c(SCC(=O)Nc3cccc(OC)c3)nc21. The van der Waals surface area contributed by atoms with E-state index in [0.29, 0.717) is 39.1 Å². The van der Waals surface area contributed by atoms with Crippen LogP contribution in [-0.2, 0) is 4.79 Å². The predicted molar refractivity (Wildman–Crippen MR) is 159 cm³/mol. The summed E-state index contributed by atoms with van der Waals surface area (Å²) in [5, 5.41) is 2.94. The fraction of sp³-hybridized carbons (Fsp3) is 0.143. The number of amides is 1. The molecule has 0 aliphatic rings. The zero-order valence-corrected chi connectivity index (χ0v) is 23.9. The molecule has 1 N–H and O–H groups in total. The number of thiazole rings is 1. The molecule has 0 bridgehead atoms. The number of aromatic nitrogens is 3. The first kappa shape index (κ1) is 27.6. The van der Waals surface area contributed by atoms with Crippen molar-refractivity contribution in [2.24, 2.45) is 0 Å². The average Bonchev–Trinajstić information content (AvgIpc) is 3.29. The highest BCUT2D eigenvalue weighted by Gasteiger charge is 2.22. The van der Waals surface area contributed by atoms with Crippen LogP contribution in [0.25, 0.3) is 21.7 Å². The molecule has 2 aromatic heterocycles. The van der Waals surface area contributed by atoms with Crippen molar-refractivity contribution in [1.82, 2.24) is 14.1 Å². The van der Waals surface area contributed by atoms with E-state index in [0.717, 1.165) is 23.1 Å². The molecule has 204 valence electrons. The Labute approximate surface area is 242 Å². The number of nitrogens with zero attached hydrogens (tertiary/aromatic N) is 3. The van der Waals surface area contributed by atoms with Crippen LogP contribution in [0.5, 0.6) is 11.5 Å². The van der Waals surface area contributed by atoms with E-state index in [1.54, 1.807) is 34.9 Å². The number of carbonyl (C=O) groups excluding carboxylic acids is 1. The number of carbonyl (C=O) groups is 1. The van der Waals surface area contributed by atoms with Crippen LogP contribution in [0.4, 0.5) is 10.1 Å². The summed E-state index contributed by atoms with van der Waals surface area (Å²) in [7, 11) is 1.54. The Kier molecular flexibility index (Phi) is 8.29. The molecule has 1 amide bonds. The lowest BCUT2D eigenvalue weighted by Gasteiger charge is -2.15. The maximum absolute atomic E-state index is 15.0. The number of ether oxygens (including phenoxy) is 2. The number of halogens is 1. The Morgan fingerprint density at radius 1 is 1.07 bits per heavy atom. The number of methoxy groups -OCH3 is 1. The van der Waals surface area contributed by atoms with Gasteiger partial charge in [-0.1, -0.05) is 53.4 Å². The van der Waals surface area contributed by atoms with Gasteiger partial charge in [0.15, 0.2) is 14.8 Å². The number of anilines is 1. The molecule has 3 aromatic carbocycles. The van der Waals surface area contributed by atoms with E-state index in [2.05, 4.69) is 5.32 Å². The fourth-order valence-corrected chi connectivity index (χ4v) is 6.12. The lowest BCUT2D eigenvalue weighted by atomic mass is 10.3. The molecule has 0 aliphatic carbocycles. The molecule has 2 heterocycles. The standard InChI is InChI=1S/C28H23FN4O4S3/c1-3-37-22-14-7-6-13-21(22)32-25-24(40-28(32)38)26(35)33(20-12-5-4-11-19(20)29)27(31-25)39-16-23(34)30-17-9-8-10-18(15-17)36-2/h4-15H,3,16H2,1-2H3,(H,30,34). The quantitative estimate of drug-likeness (QED) is 0.123. The van der Waals surface area contributed by atoms with Crippen molar-refractivity contribution >= 4 is 57.3 Å². The molecule has 12 heteroatoms. The van der Waals surface area contributed by atoms with Crippen LogP contribution in [0.15, 0.2) is 82.7 Å². The average molecular weight is 595 g/mol.